The first-order valence-corrected chi connectivity index (χ1v) is 12.0. The zero-order chi connectivity index (χ0) is 22.2. The van der Waals surface area contributed by atoms with Crippen molar-refractivity contribution in [3.05, 3.63) is 84.6 Å². The van der Waals surface area contributed by atoms with Crippen molar-refractivity contribution >= 4 is 49.0 Å². The van der Waals surface area contributed by atoms with Gasteiger partial charge in [-0.15, -0.1) is 11.8 Å². The number of benzene rings is 4. The fraction of sp³-hybridized carbons (Fsp3) is 0.0833. The fourth-order valence-corrected chi connectivity index (χ4v) is 5.28. The number of aromatic hydroxyl groups is 1. The van der Waals surface area contributed by atoms with Gasteiger partial charge in [-0.2, -0.15) is 0 Å². The lowest BCUT2D eigenvalue weighted by molar-refractivity contribution is 0.420. The molecule has 3 N–H and O–H groups in total. The minimum Gasteiger partial charge on any atom is -0.512 e. The van der Waals surface area contributed by atoms with Crippen LogP contribution < -0.4 is 4.72 Å². The molecule has 0 saturated carbocycles. The largest absolute Gasteiger partial charge is 0.512 e. The molecule has 0 bridgehead atoms. The molecule has 0 aromatic heterocycles. The maximum atomic E-state index is 13.2. The summed E-state index contributed by atoms with van der Waals surface area (Å²) >= 11 is 1.18. The number of hydrogen-bond donors (Lipinski definition) is 3. The maximum Gasteiger partial charge on any atom is 0.261 e. The Hall–Kier alpha value is -3.16. The summed E-state index contributed by atoms with van der Waals surface area (Å²) in [5.41, 5.74) is 1.40. The predicted molar refractivity (Wildman–Crippen MR) is 128 cm³/mol. The molecule has 0 aliphatic rings. The molecule has 4 aromatic rings. The minimum atomic E-state index is -3.88. The molecule has 0 aliphatic heterocycles. The maximum absolute atomic E-state index is 13.2. The summed E-state index contributed by atoms with van der Waals surface area (Å²) in [6, 6.07) is 19.5. The molecule has 0 radical (unpaired) electrons. The fourth-order valence-electron chi connectivity index (χ4n) is 3.41. The zero-order valence-corrected chi connectivity index (χ0v) is 18.4. The van der Waals surface area contributed by atoms with Crippen molar-refractivity contribution in [3.8, 4) is 5.75 Å². The standard InChI is InChI=1S/C24H21NO4S2/c1-15-7-8-17-9-10-19(12-18(17)11-15)31(28,29)25-22-13-23(30-14-16(2)26)24(27)21-6-4-3-5-20(21)22/h3-13,25-27H,2,14H2,1H3. The van der Waals surface area contributed by atoms with E-state index < -0.39 is 10.0 Å². The van der Waals surface area contributed by atoms with Crippen molar-refractivity contribution in [1.29, 1.82) is 0 Å². The summed E-state index contributed by atoms with van der Waals surface area (Å²) in [4.78, 5) is 0.599. The van der Waals surface area contributed by atoms with Crippen LogP contribution in [0.5, 0.6) is 5.75 Å². The number of thioether (sulfide) groups is 1. The van der Waals surface area contributed by atoms with Crippen LogP contribution in [0.3, 0.4) is 0 Å². The summed E-state index contributed by atoms with van der Waals surface area (Å²) in [7, 11) is -3.88. The lowest BCUT2D eigenvalue weighted by Crippen LogP contribution is -2.13. The Bertz CT molecular complexity index is 1430. The van der Waals surface area contributed by atoms with Gasteiger partial charge >= 0.3 is 0 Å². The third-order valence-corrected chi connectivity index (χ3v) is 7.36. The SMILES string of the molecule is C=C(O)CSc1cc(NS(=O)(=O)c2ccc3ccc(C)cc3c2)c2ccccc2c1O. The van der Waals surface area contributed by atoms with Crippen LogP contribution in [0.1, 0.15) is 5.56 Å². The second-order valence-corrected chi connectivity index (χ2v) is 9.99. The summed E-state index contributed by atoms with van der Waals surface area (Å²) in [6.45, 7) is 5.42. The third kappa shape index (κ3) is 4.33. The highest BCUT2D eigenvalue weighted by Crippen LogP contribution is 2.40. The highest BCUT2D eigenvalue weighted by Gasteiger charge is 2.19. The number of aryl methyl sites for hydroxylation is 1. The highest BCUT2D eigenvalue weighted by atomic mass is 32.2. The van der Waals surface area contributed by atoms with E-state index in [1.54, 1.807) is 48.5 Å². The Morgan fingerprint density at radius 1 is 1.00 bits per heavy atom. The molecule has 5 nitrogen and oxygen atoms in total. The first-order chi connectivity index (χ1) is 14.7. The number of anilines is 1. The van der Waals surface area contributed by atoms with Gasteiger partial charge in [0.2, 0.25) is 0 Å². The van der Waals surface area contributed by atoms with Gasteiger partial charge in [0.25, 0.3) is 10.0 Å². The van der Waals surface area contributed by atoms with Crippen LogP contribution in [0.25, 0.3) is 21.5 Å². The number of aliphatic hydroxyl groups excluding tert-OH is 1. The second kappa shape index (κ2) is 8.17. The molecule has 0 amide bonds. The van der Waals surface area contributed by atoms with Crippen LogP contribution in [0.15, 0.2) is 88.9 Å². The third-order valence-electron chi connectivity index (χ3n) is 4.90. The molecular formula is C24H21NO4S2. The van der Waals surface area contributed by atoms with Crippen molar-refractivity contribution < 1.29 is 18.6 Å². The van der Waals surface area contributed by atoms with Gasteiger partial charge in [-0.1, -0.05) is 60.7 Å². The number of phenolic OH excluding ortho intramolecular Hbond substituents is 1. The van der Waals surface area contributed by atoms with Crippen molar-refractivity contribution in [2.45, 2.75) is 16.7 Å². The molecule has 158 valence electrons. The number of aliphatic hydroxyl groups is 1. The average Bonchev–Trinajstić information content (AvgIpc) is 2.74. The summed E-state index contributed by atoms with van der Waals surface area (Å²) in [6.07, 6.45) is 0. The Balaban J connectivity index is 1.79. The van der Waals surface area contributed by atoms with Crippen LogP contribution in [-0.4, -0.2) is 24.4 Å². The molecule has 0 saturated heterocycles. The molecule has 4 rings (SSSR count). The summed E-state index contributed by atoms with van der Waals surface area (Å²) < 4.78 is 29.1. The van der Waals surface area contributed by atoms with Crippen LogP contribution in [0.2, 0.25) is 0 Å². The van der Waals surface area contributed by atoms with Crippen LogP contribution in [-0.2, 0) is 10.0 Å². The van der Waals surface area contributed by atoms with E-state index >= 15 is 0 Å². The number of rotatable bonds is 6. The number of fused-ring (bicyclic) bond motifs is 2. The Kier molecular flexibility index (Phi) is 5.56. The quantitative estimate of drug-likeness (QED) is 0.191. The van der Waals surface area contributed by atoms with E-state index in [2.05, 4.69) is 11.3 Å². The molecule has 0 atom stereocenters. The van der Waals surface area contributed by atoms with Gasteiger partial charge in [-0.25, -0.2) is 8.42 Å². The van der Waals surface area contributed by atoms with Crippen LogP contribution in [0.4, 0.5) is 5.69 Å². The molecule has 0 spiro atoms. The minimum absolute atomic E-state index is 0.0333. The molecule has 7 heteroatoms. The highest BCUT2D eigenvalue weighted by molar-refractivity contribution is 7.99. The van der Waals surface area contributed by atoms with Gasteiger partial charge in [0.1, 0.15) is 5.75 Å². The monoisotopic (exact) mass is 451 g/mol. The Morgan fingerprint density at radius 3 is 2.45 bits per heavy atom. The molecule has 31 heavy (non-hydrogen) atoms. The van der Waals surface area contributed by atoms with E-state index in [1.165, 1.54) is 11.8 Å². The topological polar surface area (TPSA) is 86.6 Å². The predicted octanol–water partition coefficient (Wildman–Crippen LogP) is 5.97. The number of phenols is 1. The first-order valence-electron chi connectivity index (χ1n) is 9.52. The Labute approximate surface area is 185 Å². The summed E-state index contributed by atoms with van der Waals surface area (Å²) in [5, 5.41) is 23.0. The van der Waals surface area contributed by atoms with E-state index in [4.69, 9.17) is 0 Å². The number of nitrogens with one attached hydrogen (secondary N) is 1. The van der Waals surface area contributed by atoms with Gasteiger partial charge in [0, 0.05) is 10.8 Å². The molecular weight excluding hydrogens is 430 g/mol. The zero-order valence-electron chi connectivity index (χ0n) is 16.8. The number of hydrogen-bond acceptors (Lipinski definition) is 5. The Morgan fingerprint density at radius 2 is 1.71 bits per heavy atom. The van der Waals surface area contributed by atoms with Crippen molar-refractivity contribution in [1.82, 2.24) is 0 Å². The van der Waals surface area contributed by atoms with E-state index in [9.17, 15) is 18.6 Å². The lowest BCUT2D eigenvalue weighted by Gasteiger charge is -2.15. The van der Waals surface area contributed by atoms with Crippen molar-refractivity contribution in [2.24, 2.45) is 0 Å². The van der Waals surface area contributed by atoms with E-state index in [-0.39, 0.29) is 22.2 Å². The van der Waals surface area contributed by atoms with E-state index in [1.807, 2.05) is 25.1 Å². The van der Waals surface area contributed by atoms with Crippen molar-refractivity contribution in [3.63, 3.8) is 0 Å². The van der Waals surface area contributed by atoms with E-state index in [0.717, 1.165) is 16.3 Å². The second-order valence-electron chi connectivity index (χ2n) is 7.29. The van der Waals surface area contributed by atoms with E-state index in [0.29, 0.717) is 21.4 Å². The van der Waals surface area contributed by atoms with Gasteiger partial charge in [0.15, 0.2) is 0 Å². The first kappa shape index (κ1) is 21.1. The smallest absolute Gasteiger partial charge is 0.261 e. The normalized spacial score (nSPS) is 11.6. The molecule has 0 unspecified atom stereocenters. The van der Waals surface area contributed by atoms with Crippen LogP contribution in [0, 0.1) is 6.92 Å². The molecule has 0 fully saturated rings. The van der Waals surface area contributed by atoms with Crippen molar-refractivity contribution in [2.75, 3.05) is 10.5 Å². The molecule has 0 heterocycles. The molecule has 0 aliphatic carbocycles. The lowest BCUT2D eigenvalue weighted by atomic mass is 10.1. The van der Waals surface area contributed by atoms with Gasteiger partial charge in [-0.05, 0) is 35.9 Å². The van der Waals surface area contributed by atoms with Gasteiger partial charge in [-0.3, -0.25) is 4.72 Å². The van der Waals surface area contributed by atoms with Crippen LogP contribution >= 0.6 is 11.8 Å². The average molecular weight is 452 g/mol. The van der Waals surface area contributed by atoms with Gasteiger partial charge in [0.05, 0.1) is 27.0 Å². The van der Waals surface area contributed by atoms with Gasteiger partial charge < -0.3 is 10.2 Å². The molecule has 4 aromatic carbocycles. The summed E-state index contributed by atoms with van der Waals surface area (Å²) in [5.74, 6) is 0.180. The number of sulfonamides is 1.